The summed E-state index contributed by atoms with van der Waals surface area (Å²) in [4.78, 5) is 36.4. The second-order valence-corrected chi connectivity index (χ2v) is 7.51. The summed E-state index contributed by atoms with van der Waals surface area (Å²) in [6.45, 7) is 2.16. The lowest BCUT2D eigenvalue weighted by Crippen LogP contribution is -2.52. The average molecular weight is 403 g/mol. The lowest BCUT2D eigenvalue weighted by molar-refractivity contribution is -0.128. The van der Waals surface area contributed by atoms with E-state index in [0.717, 1.165) is 28.6 Å². The summed E-state index contributed by atoms with van der Waals surface area (Å²) in [7, 11) is 1.73. The predicted octanol–water partition coefficient (Wildman–Crippen LogP) is 2.20. The number of hydrogen-bond acceptors (Lipinski definition) is 5. The van der Waals surface area contributed by atoms with E-state index in [-0.39, 0.29) is 17.9 Å². The summed E-state index contributed by atoms with van der Waals surface area (Å²) >= 11 is 0. The van der Waals surface area contributed by atoms with Crippen molar-refractivity contribution in [1.82, 2.24) is 20.6 Å². The third kappa shape index (κ3) is 3.89. The summed E-state index contributed by atoms with van der Waals surface area (Å²) in [5.74, 6) is -0.286. The second kappa shape index (κ2) is 8.59. The normalized spacial score (nSPS) is 17.3. The Morgan fingerprint density at radius 1 is 1.17 bits per heavy atom. The first-order chi connectivity index (χ1) is 14.6. The van der Waals surface area contributed by atoms with Crippen LogP contribution >= 0.6 is 0 Å². The fraction of sp³-hybridized carbons (Fsp3) is 0.304. The van der Waals surface area contributed by atoms with Gasteiger partial charge in [0.1, 0.15) is 6.04 Å². The fourth-order valence-corrected chi connectivity index (χ4v) is 3.79. The number of benzene rings is 1. The maximum Gasteiger partial charge on any atom is 0.249 e. The van der Waals surface area contributed by atoms with Gasteiger partial charge in [-0.15, -0.1) is 0 Å². The molecule has 7 heteroatoms. The maximum atomic E-state index is 13.6. The lowest BCUT2D eigenvalue weighted by atomic mass is 10.1. The zero-order valence-electron chi connectivity index (χ0n) is 17.1. The Balaban J connectivity index is 1.70. The SMILES string of the molecule is CNC(C)C(=O)NC1CCc2ccccc2N(Cc2ccnc3ncccc23)C1=O. The number of nitrogens with one attached hydrogen (secondary N) is 2. The van der Waals surface area contributed by atoms with E-state index < -0.39 is 6.04 Å². The first-order valence-corrected chi connectivity index (χ1v) is 10.1. The molecule has 2 unspecified atom stereocenters. The second-order valence-electron chi connectivity index (χ2n) is 7.51. The van der Waals surface area contributed by atoms with Gasteiger partial charge in [0.25, 0.3) is 0 Å². The van der Waals surface area contributed by atoms with Crippen LogP contribution in [0.2, 0.25) is 0 Å². The number of carbonyl (C=O) groups is 2. The van der Waals surface area contributed by atoms with E-state index in [2.05, 4.69) is 20.6 Å². The van der Waals surface area contributed by atoms with E-state index in [1.165, 1.54) is 0 Å². The summed E-state index contributed by atoms with van der Waals surface area (Å²) in [6.07, 6.45) is 4.70. The number of fused-ring (bicyclic) bond motifs is 2. The van der Waals surface area contributed by atoms with Crippen LogP contribution in [0.15, 0.2) is 54.9 Å². The predicted molar refractivity (Wildman–Crippen MR) is 116 cm³/mol. The molecule has 2 atom stereocenters. The average Bonchev–Trinajstić information content (AvgIpc) is 2.91. The van der Waals surface area contributed by atoms with Gasteiger partial charge >= 0.3 is 0 Å². The third-order valence-corrected chi connectivity index (χ3v) is 5.63. The van der Waals surface area contributed by atoms with E-state index in [1.807, 2.05) is 42.5 Å². The molecule has 1 aromatic carbocycles. The molecule has 1 aliphatic heterocycles. The van der Waals surface area contributed by atoms with Crippen LogP contribution in [0.1, 0.15) is 24.5 Å². The van der Waals surface area contributed by atoms with E-state index >= 15 is 0 Å². The highest BCUT2D eigenvalue weighted by Crippen LogP contribution is 2.29. The number of aromatic nitrogens is 2. The van der Waals surface area contributed by atoms with Crippen molar-refractivity contribution in [3.63, 3.8) is 0 Å². The van der Waals surface area contributed by atoms with Gasteiger partial charge in [-0.25, -0.2) is 9.97 Å². The van der Waals surface area contributed by atoms with Crippen molar-refractivity contribution in [1.29, 1.82) is 0 Å². The van der Waals surface area contributed by atoms with Gasteiger partial charge in [0.05, 0.1) is 12.6 Å². The number of carbonyl (C=O) groups excluding carboxylic acids is 2. The summed E-state index contributed by atoms with van der Waals surface area (Å²) in [6, 6.07) is 12.7. The Morgan fingerprint density at radius 2 is 1.97 bits per heavy atom. The van der Waals surface area contributed by atoms with Crippen molar-refractivity contribution < 1.29 is 9.59 Å². The minimum absolute atomic E-state index is 0.106. The van der Waals surface area contributed by atoms with E-state index in [4.69, 9.17) is 0 Å². The number of nitrogens with zero attached hydrogens (tertiary/aromatic N) is 3. The Labute approximate surface area is 175 Å². The molecule has 0 saturated carbocycles. The molecular formula is C23H25N5O2. The molecule has 0 bridgehead atoms. The Hall–Kier alpha value is -3.32. The number of para-hydroxylation sites is 1. The van der Waals surface area contributed by atoms with Gasteiger partial charge in [0, 0.05) is 23.5 Å². The van der Waals surface area contributed by atoms with Crippen molar-refractivity contribution >= 4 is 28.5 Å². The van der Waals surface area contributed by atoms with E-state index in [1.54, 1.807) is 31.3 Å². The molecule has 2 amide bonds. The van der Waals surface area contributed by atoms with Crippen LogP contribution in [-0.4, -0.2) is 40.9 Å². The molecular weight excluding hydrogens is 378 g/mol. The van der Waals surface area contributed by atoms with Gasteiger partial charge in [0.2, 0.25) is 11.8 Å². The Bertz CT molecular complexity index is 1080. The smallest absolute Gasteiger partial charge is 0.249 e. The molecule has 3 aromatic rings. The first kappa shape index (κ1) is 20.0. The number of rotatable bonds is 5. The first-order valence-electron chi connectivity index (χ1n) is 10.1. The van der Waals surface area contributed by atoms with Crippen molar-refractivity contribution in [3.05, 3.63) is 66.0 Å². The van der Waals surface area contributed by atoms with Gasteiger partial charge in [-0.05, 0) is 62.2 Å². The van der Waals surface area contributed by atoms with Crippen LogP contribution in [0, 0.1) is 0 Å². The number of amides is 2. The van der Waals surface area contributed by atoms with Crippen molar-refractivity contribution in [3.8, 4) is 0 Å². The molecule has 2 N–H and O–H groups in total. The van der Waals surface area contributed by atoms with Crippen LogP contribution in [0.3, 0.4) is 0 Å². The highest BCUT2D eigenvalue weighted by Gasteiger charge is 2.32. The molecule has 0 radical (unpaired) electrons. The number of likely N-dealkylation sites (N-methyl/N-ethyl adjacent to an activating group) is 1. The van der Waals surface area contributed by atoms with Crippen LogP contribution in [-0.2, 0) is 22.6 Å². The number of anilines is 1. The largest absolute Gasteiger partial charge is 0.343 e. The van der Waals surface area contributed by atoms with Crippen molar-refractivity contribution in [2.24, 2.45) is 0 Å². The van der Waals surface area contributed by atoms with Gasteiger partial charge in [0.15, 0.2) is 5.65 Å². The van der Waals surface area contributed by atoms with Crippen LogP contribution in [0.4, 0.5) is 5.69 Å². The highest BCUT2D eigenvalue weighted by molar-refractivity contribution is 6.01. The highest BCUT2D eigenvalue weighted by atomic mass is 16.2. The monoisotopic (exact) mass is 403 g/mol. The Morgan fingerprint density at radius 3 is 2.80 bits per heavy atom. The van der Waals surface area contributed by atoms with Gasteiger partial charge in [-0.1, -0.05) is 18.2 Å². The van der Waals surface area contributed by atoms with Gasteiger partial charge < -0.3 is 15.5 Å². The van der Waals surface area contributed by atoms with Gasteiger partial charge in [-0.2, -0.15) is 0 Å². The lowest BCUT2D eigenvalue weighted by Gasteiger charge is -2.27. The molecule has 0 spiro atoms. The number of hydrogen-bond donors (Lipinski definition) is 2. The fourth-order valence-electron chi connectivity index (χ4n) is 3.79. The molecule has 0 saturated heterocycles. The summed E-state index contributed by atoms with van der Waals surface area (Å²) in [5.41, 5.74) is 3.60. The number of aryl methyl sites for hydroxylation is 1. The minimum atomic E-state index is -0.577. The zero-order chi connectivity index (χ0) is 21.1. The molecule has 4 rings (SSSR count). The zero-order valence-corrected chi connectivity index (χ0v) is 17.1. The molecule has 154 valence electrons. The topological polar surface area (TPSA) is 87.2 Å². The molecule has 7 nitrogen and oxygen atoms in total. The maximum absolute atomic E-state index is 13.6. The van der Waals surface area contributed by atoms with Crippen LogP contribution in [0.25, 0.3) is 11.0 Å². The van der Waals surface area contributed by atoms with Crippen LogP contribution in [0.5, 0.6) is 0 Å². The summed E-state index contributed by atoms with van der Waals surface area (Å²) < 4.78 is 0. The Kier molecular flexibility index (Phi) is 5.72. The molecule has 3 heterocycles. The van der Waals surface area contributed by atoms with Crippen LogP contribution < -0.4 is 15.5 Å². The summed E-state index contributed by atoms with van der Waals surface area (Å²) in [5, 5.41) is 6.77. The van der Waals surface area contributed by atoms with Crippen molar-refractivity contribution in [2.45, 2.75) is 38.4 Å². The van der Waals surface area contributed by atoms with E-state index in [9.17, 15) is 9.59 Å². The molecule has 0 fully saturated rings. The standard InChI is InChI=1S/C23H25N5O2/c1-15(24-2)22(29)27-19-10-9-16-6-3-4-8-20(16)28(23(19)30)14-17-11-13-26-21-18(17)7-5-12-25-21/h3-8,11-13,15,19,24H,9-10,14H2,1-2H3,(H,27,29). The molecule has 30 heavy (non-hydrogen) atoms. The van der Waals surface area contributed by atoms with E-state index in [0.29, 0.717) is 18.6 Å². The minimum Gasteiger partial charge on any atom is -0.343 e. The molecule has 0 aliphatic carbocycles. The molecule has 1 aliphatic rings. The molecule has 2 aromatic heterocycles. The van der Waals surface area contributed by atoms with Gasteiger partial charge in [-0.3, -0.25) is 9.59 Å². The third-order valence-electron chi connectivity index (χ3n) is 5.63. The van der Waals surface area contributed by atoms with Crippen molar-refractivity contribution in [2.75, 3.05) is 11.9 Å². The number of pyridine rings is 2. The quantitative estimate of drug-likeness (QED) is 0.682.